The van der Waals surface area contributed by atoms with Crippen LogP contribution in [0.3, 0.4) is 0 Å². The van der Waals surface area contributed by atoms with Gasteiger partial charge in [0.15, 0.2) is 5.76 Å². The van der Waals surface area contributed by atoms with Crippen molar-refractivity contribution in [2.75, 3.05) is 0 Å². The van der Waals surface area contributed by atoms with Crippen molar-refractivity contribution >= 4 is 11.3 Å². The van der Waals surface area contributed by atoms with Gasteiger partial charge in [0, 0.05) is 10.9 Å². The molecule has 102 valence electrons. The van der Waals surface area contributed by atoms with Crippen LogP contribution in [0.15, 0.2) is 45.7 Å². The normalized spacial score (nSPS) is 10.9. The Labute approximate surface area is 120 Å². The van der Waals surface area contributed by atoms with Crippen LogP contribution in [0.25, 0.3) is 11.3 Å². The van der Waals surface area contributed by atoms with E-state index in [1.54, 1.807) is 4.57 Å². The molecule has 3 aromatic rings. The second kappa shape index (κ2) is 5.09. The van der Waals surface area contributed by atoms with Gasteiger partial charge in [-0.05, 0) is 19.4 Å². The summed E-state index contributed by atoms with van der Waals surface area (Å²) in [6.45, 7) is 4.25. The van der Waals surface area contributed by atoms with E-state index in [0.29, 0.717) is 12.3 Å². The Morgan fingerprint density at radius 3 is 2.65 bits per heavy atom. The molecule has 0 saturated heterocycles. The number of rotatable bonds is 3. The van der Waals surface area contributed by atoms with E-state index in [2.05, 4.69) is 5.16 Å². The molecule has 0 radical (unpaired) electrons. The molecule has 0 atom stereocenters. The average molecular weight is 286 g/mol. The van der Waals surface area contributed by atoms with Gasteiger partial charge in [-0.2, -0.15) is 0 Å². The predicted molar refractivity (Wildman–Crippen MR) is 79.1 cm³/mol. The minimum Gasteiger partial charge on any atom is -0.359 e. The third kappa shape index (κ3) is 2.32. The molecule has 20 heavy (non-hydrogen) atoms. The zero-order valence-electron chi connectivity index (χ0n) is 11.3. The first-order valence-corrected chi connectivity index (χ1v) is 7.14. The van der Waals surface area contributed by atoms with E-state index in [0.717, 1.165) is 21.8 Å². The average Bonchev–Trinajstić information content (AvgIpc) is 2.95. The van der Waals surface area contributed by atoms with Crippen LogP contribution in [0.2, 0.25) is 0 Å². The first-order valence-electron chi connectivity index (χ1n) is 6.33. The lowest BCUT2D eigenvalue weighted by Crippen LogP contribution is -2.14. The van der Waals surface area contributed by atoms with Gasteiger partial charge >= 0.3 is 4.87 Å². The van der Waals surface area contributed by atoms with Gasteiger partial charge in [-0.1, -0.05) is 46.8 Å². The van der Waals surface area contributed by atoms with Crippen molar-refractivity contribution < 1.29 is 4.52 Å². The standard InChI is InChI=1S/C15H14N2O2S/c1-10-8-13(19-16-10)9-17-14(11(2)20-15(17)18)12-6-4-3-5-7-12/h3-8H,9H2,1-2H3. The number of benzene rings is 1. The molecule has 0 spiro atoms. The molecule has 1 aromatic carbocycles. The Morgan fingerprint density at radius 2 is 2.00 bits per heavy atom. The van der Waals surface area contributed by atoms with Crippen molar-refractivity contribution in [2.45, 2.75) is 20.4 Å². The summed E-state index contributed by atoms with van der Waals surface area (Å²) in [5.74, 6) is 0.694. The summed E-state index contributed by atoms with van der Waals surface area (Å²) in [6, 6.07) is 11.8. The second-order valence-electron chi connectivity index (χ2n) is 4.66. The summed E-state index contributed by atoms with van der Waals surface area (Å²) in [4.78, 5) is 13.2. The van der Waals surface area contributed by atoms with E-state index >= 15 is 0 Å². The molecule has 3 rings (SSSR count). The number of thiazole rings is 1. The number of aryl methyl sites for hydroxylation is 2. The number of aromatic nitrogens is 2. The molecule has 0 bridgehead atoms. The van der Waals surface area contributed by atoms with E-state index in [4.69, 9.17) is 4.52 Å². The van der Waals surface area contributed by atoms with Crippen LogP contribution < -0.4 is 4.87 Å². The summed E-state index contributed by atoms with van der Waals surface area (Å²) in [7, 11) is 0. The van der Waals surface area contributed by atoms with E-state index in [1.807, 2.05) is 50.2 Å². The molecule has 0 saturated carbocycles. The monoisotopic (exact) mass is 286 g/mol. The Kier molecular flexibility index (Phi) is 3.28. The van der Waals surface area contributed by atoms with E-state index < -0.39 is 0 Å². The van der Waals surface area contributed by atoms with E-state index in [-0.39, 0.29) is 4.87 Å². The highest BCUT2D eigenvalue weighted by molar-refractivity contribution is 7.09. The second-order valence-corrected chi connectivity index (χ2v) is 5.83. The zero-order chi connectivity index (χ0) is 14.1. The highest BCUT2D eigenvalue weighted by Crippen LogP contribution is 2.25. The Morgan fingerprint density at radius 1 is 1.25 bits per heavy atom. The lowest BCUT2D eigenvalue weighted by molar-refractivity contribution is 0.373. The van der Waals surface area contributed by atoms with Crippen LogP contribution in [-0.4, -0.2) is 9.72 Å². The fourth-order valence-electron chi connectivity index (χ4n) is 2.26. The van der Waals surface area contributed by atoms with Crippen LogP contribution in [0.4, 0.5) is 0 Å². The maximum atomic E-state index is 12.2. The van der Waals surface area contributed by atoms with Gasteiger partial charge in [-0.3, -0.25) is 9.36 Å². The fourth-order valence-corrected chi connectivity index (χ4v) is 3.11. The van der Waals surface area contributed by atoms with Crippen LogP contribution in [0, 0.1) is 13.8 Å². The molecule has 0 aliphatic carbocycles. The van der Waals surface area contributed by atoms with Crippen LogP contribution in [-0.2, 0) is 6.54 Å². The number of hydrogen-bond donors (Lipinski definition) is 0. The Balaban J connectivity index is 2.09. The summed E-state index contributed by atoms with van der Waals surface area (Å²) >= 11 is 1.26. The van der Waals surface area contributed by atoms with Gasteiger partial charge < -0.3 is 4.52 Å². The largest absolute Gasteiger partial charge is 0.359 e. The molecule has 0 amide bonds. The van der Waals surface area contributed by atoms with E-state index in [1.165, 1.54) is 11.3 Å². The Bertz CT molecular complexity index is 784. The van der Waals surface area contributed by atoms with Crippen LogP contribution in [0.1, 0.15) is 16.3 Å². The molecule has 0 aliphatic heterocycles. The summed E-state index contributed by atoms with van der Waals surface area (Å²) in [5, 5.41) is 3.86. The molecule has 5 heteroatoms. The predicted octanol–water partition coefficient (Wildman–Crippen LogP) is 3.23. The van der Waals surface area contributed by atoms with Crippen LogP contribution in [0.5, 0.6) is 0 Å². The molecular weight excluding hydrogens is 272 g/mol. The first kappa shape index (κ1) is 12.9. The highest BCUT2D eigenvalue weighted by atomic mass is 32.1. The van der Waals surface area contributed by atoms with Gasteiger partial charge in [0.25, 0.3) is 0 Å². The van der Waals surface area contributed by atoms with Crippen molar-refractivity contribution in [1.82, 2.24) is 9.72 Å². The van der Waals surface area contributed by atoms with Gasteiger partial charge in [0.1, 0.15) is 0 Å². The molecule has 0 fully saturated rings. The topological polar surface area (TPSA) is 48.0 Å². The lowest BCUT2D eigenvalue weighted by Gasteiger charge is -2.07. The summed E-state index contributed by atoms with van der Waals surface area (Å²) in [5.41, 5.74) is 2.82. The molecular formula is C15H14N2O2S. The van der Waals surface area contributed by atoms with Gasteiger partial charge in [-0.15, -0.1) is 0 Å². The number of nitrogens with zero attached hydrogens (tertiary/aromatic N) is 2. The fraction of sp³-hybridized carbons (Fsp3) is 0.200. The summed E-state index contributed by atoms with van der Waals surface area (Å²) < 4.78 is 6.96. The minimum absolute atomic E-state index is 0.0235. The maximum Gasteiger partial charge on any atom is 0.308 e. The van der Waals surface area contributed by atoms with Gasteiger partial charge in [0.05, 0.1) is 17.9 Å². The smallest absolute Gasteiger partial charge is 0.308 e. The molecule has 0 unspecified atom stereocenters. The summed E-state index contributed by atoms with van der Waals surface area (Å²) in [6.07, 6.45) is 0. The quantitative estimate of drug-likeness (QED) is 0.742. The molecule has 2 aromatic heterocycles. The van der Waals surface area contributed by atoms with Gasteiger partial charge in [-0.25, -0.2) is 0 Å². The molecule has 0 aliphatic rings. The van der Waals surface area contributed by atoms with Crippen molar-refractivity contribution in [3.05, 3.63) is 62.4 Å². The van der Waals surface area contributed by atoms with Crippen molar-refractivity contribution in [2.24, 2.45) is 0 Å². The maximum absolute atomic E-state index is 12.2. The zero-order valence-corrected chi connectivity index (χ0v) is 12.1. The van der Waals surface area contributed by atoms with Crippen molar-refractivity contribution in [1.29, 1.82) is 0 Å². The minimum atomic E-state index is 0.0235. The number of hydrogen-bond acceptors (Lipinski definition) is 4. The van der Waals surface area contributed by atoms with Gasteiger partial charge in [0.2, 0.25) is 0 Å². The lowest BCUT2D eigenvalue weighted by atomic mass is 10.1. The molecule has 4 nitrogen and oxygen atoms in total. The highest BCUT2D eigenvalue weighted by Gasteiger charge is 2.15. The van der Waals surface area contributed by atoms with Crippen LogP contribution >= 0.6 is 11.3 Å². The Hall–Kier alpha value is -2.14. The molecule has 2 heterocycles. The van der Waals surface area contributed by atoms with E-state index in [9.17, 15) is 4.79 Å². The van der Waals surface area contributed by atoms with Crippen molar-refractivity contribution in [3.63, 3.8) is 0 Å². The third-order valence-electron chi connectivity index (χ3n) is 3.10. The first-order chi connectivity index (χ1) is 9.65. The SMILES string of the molecule is Cc1cc(Cn2c(-c3ccccc3)c(C)sc2=O)on1. The third-order valence-corrected chi connectivity index (χ3v) is 4.00. The van der Waals surface area contributed by atoms with Crippen molar-refractivity contribution in [3.8, 4) is 11.3 Å². The molecule has 0 N–H and O–H groups in total.